The first-order chi connectivity index (χ1) is 6.96. The van der Waals surface area contributed by atoms with Crippen LogP contribution in [0.2, 0.25) is 0 Å². The van der Waals surface area contributed by atoms with Crippen molar-refractivity contribution in [3.63, 3.8) is 0 Å². The molecule has 0 aliphatic rings. The molecule has 0 radical (unpaired) electrons. The lowest BCUT2D eigenvalue weighted by molar-refractivity contribution is 0.295. The zero-order chi connectivity index (χ0) is 11.5. The maximum Gasteiger partial charge on any atom is 0.119 e. The quantitative estimate of drug-likeness (QED) is 0.780. The van der Waals surface area contributed by atoms with Crippen molar-refractivity contribution in [2.24, 2.45) is 5.41 Å². The van der Waals surface area contributed by atoms with Crippen LogP contribution >= 0.6 is 0 Å². The SMILES string of the molecule is CCCC(c1ccccc1O)C(C)(C)C. The van der Waals surface area contributed by atoms with Crippen molar-refractivity contribution in [2.75, 3.05) is 0 Å². The van der Waals surface area contributed by atoms with Gasteiger partial charge in [-0.2, -0.15) is 0 Å². The second-order valence-corrected chi connectivity index (χ2v) is 5.27. The van der Waals surface area contributed by atoms with Gasteiger partial charge in [-0.3, -0.25) is 0 Å². The summed E-state index contributed by atoms with van der Waals surface area (Å²) in [4.78, 5) is 0. The molecule has 1 rings (SSSR count). The Labute approximate surface area is 93.1 Å². The molecule has 1 aromatic rings. The summed E-state index contributed by atoms with van der Waals surface area (Å²) in [6, 6.07) is 7.71. The Balaban J connectivity index is 3.05. The van der Waals surface area contributed by atoms with Gasteiger partial charge < -0.3 is 5.11 Å². The van der Waals surface area contributed by atoms with Gasteiger partial charge in [0.05, 0.1) is 0 Å². The van der Waals surface area contributed by atoms with E-state index in [0.29, 0.717) is 11.7 Å². The molecule has 0 aliphatic carbocycles. The minimum absolute atomic E-state index is 0.203. The molecular formula is C14H22O. The summed E-state index contributed by atoms with van der Waals surface area (Å²) in [5.74, 6) is 0.870. The highest BCUT2D eigenvalue weighted by molar-refractivity contribution is 5.35. The van der Waals surface area contributed by atoms with Gasteiger partial charge in [-0.1, -0.05) is 52.3 Å². The van der Waals surface area contributed by atoms with E-state index in [1.807, 2.05) is 18.2 Å². The molecule has 1 nitrogen and oxygen atoms in total. The third kappa shape index (κ3) is 2.98. The summed E-state index contributed by atoms with van der Waals surface area (Å²) in [5.41, 5.74) is 1.29. The topological polar surface area (TPSA) is 20.2 Å². The molecule has 1 unspecified atom stereocenters. The molecule has 0 spiro atoms. The van der Waals surface area contributed by atoms with Gasteiger partial charge in [0.2, 0.25) is 0 Å². The number of hydrogen-bond acceptors (Lipinski definition) is 1. The van der Waals surface area contributed by atoms with Crippen LogP contribution in [0.1, 0.15) is 52.0 Å². The first kappa shape index (κ1) is 12.1. The zero-order valence-corrected chi connectivity index (χ0v) is 10.2. The lowest BCUT2D eigenvalue weighted by Crippen LogP contribution is -2.18. The molecule has 0 bridgehead atoms. The summed E-state index contributed by atoms with van der Waals surface area (Å²) in [7, 11) is 0. The van der Waals surface area contributed by atoms with Crippen molar-refractivity contribution in [3.8, 4) is 5.75 Å². The third-order valence-corrected chi connectivity index (χ3v) is 2.93. The van der Waals surface area contributed by atoms with E-state index in [0.717, 1.165) is 18.4 Å². The van der Waals surface area contributed by atoms with Crippen molar-refractivity contribution in [2.45, 2.75) is 46.5 Å². The van der Waals surface area contributed by atoms with Gasteiger partial charge in [0.1, 0.15) is 5.75 Å². The van der Waals surface area contributed by atoms with Gasteiger partial charge in [-0.05, 0) is 29.4 Å². The van der Waals surface area contributed by atoms with Crippen molar-refractivity contribution in [1.29, 1.82) is 0 Å². The van der Waals surface area contributed by atoms with Crippen LogP contribution in [-0.2, 0) is 0 Å². The monoisotopic (exact) mass is 206 g/mol. The molecule has 1 aromatic carbocycles. The molecule has 84 valence electrons. The Bertz CT molecular complexity index is 309. The molecule has 0 aromatic heterocycles. The summed E-state index contributed by atoms with van der Waals surface area (Å²) in [6.07, 6.45) is 2.28. The number of aromatic hydroxyl groups is 1. The predicted octanol–water partition coefficient (Wildman–Crippen LogP) is 4.32. The Morgan fingerprint density at radius 3 is 2.27 bits per heavy atom. The first-order valence-electron chi connectivity index (χ1n) is 5.74. The molecule has 0 saturated carbocycles. The number of para-hydroxylation sites is 1. The standard InChI is InChI=1S/C14H22O/c1-5-8-12(14(2,3)4)11-9-6-7-10-13(11)15/h6-7,9-10,12,15H,5,8H2,1-4H3. The minimum atomic E-state index is 0.203. The molecule has 0 aliphatic heterocycles. The molecule has 0 amide bonds. The average Bonchev–Trinajstić information content (AvgIpc) is 2.14. The van der Waals surface area contributed by atoms with Crippen molar-refractivity contribution in [1.82, 2.24) is 0 Å². The number of phenols is 1. The van der Waals surface area contributed by atoms with Gasteiger partial charge in [-0.25, -0.2) is 0 Å². The van der Waals surface area contributed by atoms with E-state index in [9.17, 15) is 5.11 Å². The first-order valence-corrected chi connectivity index (χ1v) is 5.74. The number of benzene rings is 1. The molecule has 0 fully saturated rings. The number of rotatable bonds is 3. The predicted molar refractivity (Wildman–Crippen MR) is 65.2 cm³/mol. The van der Waals surface area contributed by atoms with E-state index in [1.54, 1.807) is 6.07 Å². The molecule has 0 heterocycles. The lowest BCUT2D eigenvalue weighted by atomic mass is 9.74. The largest absolute Gasteiger partial charge is 0.508 e. The van der Waals surface area contributed by atoms with Gasteiger partial charge in [0.25, 0.3) is 0 Å². The Hall–Kier alpha value is -0.980. The van der Waals surface area contributed by atoms with Gasteiger partial charge in [-0.15, -0.1) is 0 Å². The fraction of sp³-hybridized carbons (Fsp3) is 0.571. The molecule has 0 saturated heterocycles. The van der Waals surface area contributed by atoms with Crippen LogP contribution in [0, 0.1) is 5.41 Å². The van der Waals surface area contributed by atoms with E-state index in [4.69, 9.17) is 0 Å². The van der Waals surface area contributed by atoms with Crippen molar-refractivity contribution >= 4 is 0 Å². The van der Waals surface area contributed by atoms with Gasteiger partial charge >= 0.3 is 0 Å². The molecule has 1 heteroatoms. The van der Waals surface area contributed by atoms with Crippen LogP contribution in [0.5, 0.6) is 5.75 Å². The molecule has 1 atom stereocenters. The van der Waals surface area contributed by atoms with E-state index >= 15 is 0 Å². The van der Waals surface area contributed by atoms with E-state index in [2.05, 4.69) is 27.7 Å². The van der Waals surface area contributed by atoms with Crippen LogP contribution in [0.3, 0.4) is 0 Å². The Kier molecular flexibility index (Phi) is 3.78. The maximum atomic E-state index is 9.87. The fourth-order valence-corrected chi connectivity index (χ4v) is 2.13. The van der Waals surface area contributed by atoms with Crippen LogP contribution in [0.15, 0.2) is 24.3 Å². The van der Waals surface area contributed by atoms with Crippen molar-refractivity contribution in [3.05, 3.63) is 29.8 Å². The highest BCUT2D eigenvalue weighted by Crippen LogP contribution is 2.41. The number of hydrogen-bond donors (Lipinski definition) is 1. The smallest absolute Gasteiger partial charge is 0.119 e. The third-order valence-electron chi connectivity index (χ3n) is 2.93. The Morgan fingerprint density at radius 2 is 1.80 bits per heavy atom. The van der Waals surface area contributed by atoms with E-state index in [1.165, 1.54) is 0 Å². The van der Waals surface area contributed by atoms with E-state index < -0.39 is 0 Å². The van der Waals surface area contributed by atoms with E-state index in [-0.39, 0.29) is 5.41 Å². The van der Waals surface area contributed by atoms with Crippen LogP contribution in [0.25, 0.3) is 0 Å². The second-order valence-electron chi connectivity index (χ2n) is 5.27. The lowest BCUT2D eigenvalue weighted by Gasteiger charge is -2.31. The molecular weight excluding hydrogens is 184 g/mol. The van der Waals surface area contributed by atoms with Gasteiger partial charge in [0.15, 0.2) is 0 Å². The highest BCUT2D eigenvalue weighted by Gasteiger charge is 2.27. The fourth-order valence-electron chi connectivity index (χ4n) is 2.13. The summed E-state index contributed by atoms with van der Waals surface area (Å²) in [6.45, 7) is 8.90. The zero-order valence-electron chi connectivity index (χ0n) is 10.2. The summed E-state index contributed by atoms with van der Waals surface area (Å²) < 4.78 is 0. The maximum absolute atomic E-state index is 9.87. The summed E-state index contributed by atoms with van der Waals surface area (Å²) in [5, 5.41) is 9.87. The van der Waals surface area contributed by atoms with Crippen LogP contribution in [-0.4, -0.2) is 5.11 Å². The van der Waals surface area contributed by atoms with Crippen LogP contribution < -0.4 is 0 Å². The molecule has 1 N–H and O–H groups in total. The second kappa shape index (κ2) is 4.69. The summed E-state index contributed by atoms with van der Waals surface area (Å²) >= 11 is 0. The minimum Gasteiger partial charge on any atom is -0.508 e. The average molecular weight is 206 g/mol. The van der Waals surface area contributed by atoms with Gasteiger partial charge in [0, 0.05) is 0 Å². The highest BCUT2D eigenvalue weighted by atomic mass is 16.3. The normalized spacial score (nSPS) is 13.9. The van der Waals surface area contributed by atoms with Crippen LogP contribution in [0.4, 0.5) is 0 Å². The Morgan fingerprint density at radius 1 is 1.20 bits per heavy atom. The number of phenolic OH excluding ortho intramolecular Hbond substituents is 1. The molecule has 15 heavy (non-hydrogen) atoms. The van der Waals surface area contributed by atoms with Crippen molar-refractivity contribution < 1.29 is 5.11 Å².